The van der Waals surface area contributed by atoms with Gasteiger partial charge in [-0.1, -0.05) is 0 Å². The van der Waals surface area contributed by atoms with E-state index >= 15 is 0 Å². The molecule has 0 saturated carbocycles. The second-order valence-electron chi connectivity index (χ2n) is 0.944. The van der Waals surface area contributed by atoms with Crippen LogP contribution in [0.25, 0.3) is 0 Å². The molecule has 2 heteroatoms. The predicted octanol–water partition coefficient (Wildman–Crippen LogP) is -0.461. The van der Waals surface area contributed by atoms with E-state index in [1.807, 2.05) is 0 Å². The lowest BCUT2D eigenvalue weighted by atomic mass is 10.7. The lowest BCUT2D eigenvalue weighted by molar-refractivity contribution is 0.270. The van der Waals surface area contributed by atoms with Crippen molar-refractivity contribution in [3.63, 3.8) is 0 Å². The van der Waals surface area contributed by atoms with Gasteiger partial charge in [0.1, 0.15) is 12.7 Å². The Kier molecular flexibility index (Phi) is 0.872. The first-order valence-corrected chi connectivity index (χ1v) is 1.78. The van der Waals surface area contributed by atoms with Crippen molar-refractivity contribution >= 4 is 0 Å². The van der Waals surface area contributed by atoms with Crippen LogP contribution in [-0.2, 0) is 4.74 Å². The fourth-order valence-corrected chi connectivity index (χ4v) is 0.263. The third-order valence-electron chi connectivity index (χ3n) is 0.502. The zero-order chi connectivity index (χ0) is 4.24. The molecule has 6 heavy (non-hydrogen) atoms. The van der Waals surface area contributed by atoms with Crippen LogP contribution in [0.3, 0.4) is 0 Å². The van der Waals surface area contributed by atoms with Crippen LogP contribution in [0.15, 0.2) is 0 Å². The molecule has 31 valence electrons. The van der Waals surface area contributed by atoms with Gasteiger partial charge in [0.25, 0.3) is 0 Å². The molecule has 0 spiro atoms. The number of ether oxygens (including phenoxy) is 1. The van der Waals surface area contributed by atoms with Gasteiger partial charge in [0.15, 0.2) is 0 Å². The van der Waals surface area contributed by atoms with E-state index in [9.17, 15) is 0 Å². The Hall–Kier alpha value is -0.840. The first-order valence-electron chi connectivity index (χ1n) is 1.78. The monoisotopic (exact) mass is 82.0 g/mol. The summed E-state index contributed by atoms with van der Waals surface area (Å²) in [6.07, 6.45) is 2.37. The summed E-state index contributed by atoms with van der Waals surface area (Å²) in [6, 6.07) is 2.44. The van der Waals surface area contributed by atoms with Crippen molar-refractivity contribution < 1.29 is 4.74 Å². The third kappa shape index (κ3) is 0.554. The average molecular weight is 82.1 g/mol. The standard InChI is InChI=1S/C4H4NO/c1-3-6-4-2-5-1/h1,3H2. The Morgan fingerprint density at radius 2 is 2.67 bits per heavy atom. The van der Waals surface area contributed by atoms with Gasteiger partial charge in [-0.3, -0.25) is 0 Å². The maximum Gasteiger partial charge on any atom is 0.135 e. The van der Waals surface area contributed by atoms with Crippen LogP contribution in [0.4, 0.5) is 0 Å². The molecule has 0 unspecified atom stereocenters. The smallest absolute Gasteiger partial charge is 0.135 e. The largest absolute Gasteiger partial charge is 0.443 e. The highest BCUT2D eigenvalue weighted by molar-refractivity contribution is 4.90. The van der Waals surface area contributed by atoms with E-state index < -0.39 is 0 Å². The molecular formula is C4H4NO. The van der Waals surface area contributed by atoms with Crippen LogP contribution in [0, 0.1) is 12.2 Å². The van der Waals surface area contributed by atoms with E-state index in [2.05, 4.69) is 22.2 Å². The van der Waals surface area contributed by atoms with Gasteiger partial charge in [0.2, 0.25) is 0 Å². The van der Waals surface area contributed by atoms with Crippen molar-refractivity contribution in [3.8, 4) is 12.2 Å². The van der Waals surface area contributed by atoms with Gasteiger partial charge in [-0.15, -0.1) is 0 Å². The molecule has 1 heterocycles. The molecule has 0 saturated heterocycles. The molecule has 0 bridgehead atoms. The Morgan fingerprint density at radius 1 is 1.67 bits per heavy atom. The molecule has 0 aliphatic carbocycles. The van der Waals surface area contributed by atoms with Gasteiger partial charge in [-0.25, -0.2) is 5.32 Å². The molecule has 1 aliphatic rings. The molecule has 0 N–H and O–H groups in total. The van der Waals surface area contributed by atoms with E-state index in [0.717, 1.165) is 6.54 Å². The Morgan fingerprint density at radius 3 is 2.83 bits per heavy atom. The van der Waals surface area contributed by atoms with Crippen molar-refractivity contribution in [3.05, 3.63) is 0 Å². The van der Waals surface area contributed by atoms with Crippen LogP contribution in [-0.4, -0.2) is 13.2 Å². The second kappa shape index (κ2) is 1.56. The maximum absolute atomic E-state index is 4.61. The summed E-state index contributed by atoms with van der Waals surface area (Å²) < 4.78 is 4.61. The van der Waals surface area contributed by atoms with Crippen molar-refractivity contribution in [1.29, 1.82) is 0 Å². The van der Waals surface area contributed by atoms with Gasteiger partial charge in [0, 0.05) is 0 Å². The molecule has 1 rings (SSSR count). The molecule has 0 atom stereocenters. The lowest BCUT2D eigenvalue weighted by Crippen LogP contribution is -2.09. The number of rotatable bonds is 0. The topological polar surface area (TPSA) is 23.3 Å². The van der Waals surface area contributed by atoms with E-state index in [-0.39, 0.29) is 0 Å². The average Bonchev–Trinajstić information content (AvgIpc) is 1.72. The summed E-state index contributed by atoms with van der Waals surface area (Å²) in [7, 11) is 0. The summed E-state index contributed by atoms with van der Waals surface area (Å²) in [5, 5.41) is 3.69. The molecule has 1 aliphatic heterocycles. The minimum Gasteiger partial charge on any atom is -0.443 e. The summed E-state index contributed by atoms with van der Waals surface area (Å²) in [4.78, 5) is 0. The predicted molar refractivity (Wildman–Crippen MR) is 20.7 cm³/mol. The Bertz CT molecular complexity index is 79.5. The highest BCUT2D eigenvalue weighted by atomic mass is 16.5. The normalized spacial score (nSPS) is 16.0. The summed E-state index contributed by atoms with van der Waals surface area (Å²) in [6.45, 7) is 1.39. The fourth-order valence-electron chi connectivity index (χ4n) is 0.263. The summed E-state index contributed by atoms with van der Waals surface area (Å²) in [5.74, 6) is 0. The fraction of sp³-hybridized carbons (Fsp3) is 0.500. The van der Waals surface area contributed by atoms with Crippen LogP contribution >= 0.6 is 0 Å². The first kappa shape index (κ1) is 3.35. The van der Waals surface area contributed by atoms with Gasteiger partial charge < -0.3 is 4.74 Å². The Labute approximate surface area is 36.5 Å². The van der Waals surface area contributed by atoms with Gasteiger partial charge in [-0.2, -0.15) is 0 Å². The van der Waals surface area contributed by atoms with Crippen LogP contribution in [0.2, 0.25) is 0 Å². The van der Waals surface area contributed by atoms with E-state index in [4.69, 9.17) is 0 Å². The number of hydrogen-bond donors (Lipinski definition) is 0. The molecule has 1 radical (unpaired) electrons. The van der Waals surface area contributed by atoms with Crippen LogP contribution in [0.1, 0.15) is 0 Å². The minimum atomic E-state index is 0.660. The highest BCUT2D eigenvalue weighted by Gasteiger charge is 1.86. The highest BCUT2D eigenvalue weighted by Crippen LogP contribution is 1.72. The van der Waals surface area contributed by atoms with Crippen LogP contribution < -0.4 is 5.32 Å². The molecule has 2 nitrogen and oxygen atoms in total. The second-order valence-corrected chi connectivity index (χ2v) is 0.944. The lowest BCUT2D eigenvalue weighted by Gasteiger charge is -1.96. The molecule has 0 aromatic heterocycles. The first-order chi connectivity index (χ1) is 3.00. The van der Waals surface area contributed by atoms with Gasteiger partial charge in [0.05, 0.1) is 12.6 Å². The molecule has 0 amide bonds. The van der Waals surface area contributed by atoms with E-state index in [1.165, 1.54) is 0 Å². The Balaban J connectivity index is 2.36. The number of nitrogens with zero attached hydrogens (tertiary/aromatic N) is 1. The molecular weight excluding hydrogens is 78.0 g/mol. The van der Waals surface area contributed by atoms with Crippen molar-refractivity contribution in [2.24, 2.45) is 0 Å². The van der Waals surface area contributed by atoms with Gasteiger partial charge >= 0.3 is 0 Å². The maximum atomic E-state index is 4.61. The zero-order valence-corrected chi connectivity index (χ0v) is 3.27. The van der Waals surface area contributed by atoms with E-state index in [0.29, 0.717) is 6.61 Å². The van der Waals surface area contributed by atoms with Crippen molar-refractivity contribution in [1.82, 2.24) is 5.32 Å². The van der Waals surface area contributed by atoms with Crippen molar-refractivity contribution in [2.45, 2.75) is 0 Å². The quantitative estimate of drug-likeness (QED) is 0.363. The van der Waals surface area contributed by atoms with Crippen molar-refractivity contribution in [2.75, 3.05) is 13.2 Å². The molecule has 0 aromatic rings. The molecule has 0 fully saturated rings. The third-order valence-corrected chi connectivity index (χ3v) is 0.502. The van der Waals surface area contributed by atoms with Gasteiger partial charge in [-0.05, 0) is 0 Å². The summed E-state index contributed by atoms with van der Waals surface area (Å²) in [5.41, 5.74) is 0. The zero-order valence-electron chi connectivity index (χ0n) is 3.27. The molecule has 0 aromatic carbocycles. The summed E-state index contributed by atoms with van der Waals surface area (Å²) >= 11 is 0. The van der Waals surface area contributed by atoms with Crippen LogP contribution in [0.5, 0.6) is 0 Å². The SMILES string of the molecule is C1#COCC[N]1. The minimum absolute atomic E-state index is 0.660. The van der Waals surface area contributed by atoms with E-state index in [1.54, 1.807) is 0 Å². The number of hydrogen-bond acceptors (Lipinski definition) is 1.